The first-order valence-electron chi connectivity index (χ1n) is 9.37. The molecule has 0 aliphatic heterocycles. The van der Waals surface area contributed by atoms with Gasteiger partial charge in [0.05, 0.1) is 24.6 Å². The number of carbonyl (C=O) groups is 3. The summed E-state index contributed by atoms with van der Waals surface area (Å²) in [5.74, 6) is -2.24. The summed E-state index contributed by atoms with van der Waals surface area (Å²) in [5.41, 5.74) is -0.0199. The molecular weight excluding hydrogens is 380 g/mol. The highest BCUT2D eigenvalue weighted by molar-refractivity contribution is 5.74. The highest BCUT2D eigenvalue weighted by Crippen LogP contribution is 2.15. The minimum absolute atomic E-state index is 0.00740. The molecule has 1 aromatic carbocycles. The van der Waals surface area contributed by atoms with Gasteiger partial charge in [0.25, 0.3) is 0 Å². The molecule has 1 aromatic rings. The van der Waals surface area contributed by atoms with E-state index in [1.165, 1.54) is 0 Å². The average Bonchev–Trinajstić information content (AvgIpc) is 2.63. The van der Waals surface area contributed by atoms with E-state index in [4.69, 9.17) is 9.47 Å². The number of rotatable bonds is 9. The van der Waals surface area contributed by atoms with Crippen LogP contribution in [0, 0.1) is 5.92 Å². The number of aliphatic carboxylic acids is 1. The van der Waals surface area contributed by atoms with Crippen LogP contribution in [0.2, 0.25) is 0 Å². The first kappa shape index (κ1) is 24.2. The Labute approximate surface area is 170 Å². The van der Waals surface area contributed by atoms with Crippen LogP contribution in [0.4, 0.5) is 9.59 Å². The smallest absolute Gasteiger partial charge is 0.408 e. The number of carboxylic acids is 1. The summed E-state index contributed by atoms with van der Waals surface area (Å²) in [7, 11) is 0. The topological polar surface area (TPSA) is 134 Å². The molecule has 0 aliphatic rings. The van der Waals surface area contributed by atoms with Crippen LogP contribution in [0.1, 0.15) is 39.7 Å². The van der Waals surface area contributed by atoms with Crippen molar-refractivity contribution in [3.05, 3.63) is 35.9 Å². The third-order valence-electron chi connectivity index (χ3n) is 4.02. The van der Waals surface area contributed by atoms with Gasteiger partial charge in [-0.25, -0.2) is 9.59 Å². The molecule has 0 bridgehead atoms. The lowest BCUT2D eigenvalue weighted by Gasteiger charge is -2.31. The van der Waals surface area contributed by atoms with E-state index in [9.17, 15) is 24.6 Å². The lowest BCUT2D eigenvalue weighted by molar-refractivity contribution is -0.143. The number of hydrogen-bond donors (Lipinski definition) is 4. The molecule has 0 fully saturated rings. The molecule has 1 rings (SSSR count). The van der Waals surface area contributed by atoms with Gasteiger partial charge in [-0.15, -0.1) is 0 Å². The Morgan fingerprint density at radius 1 is 1.07 bits per heavy atom. The minimum Gasteiger partial charge on any atom is -0.481 e. The highest BCUT2D eigenvalue weighted by Gasteiger charge is 2.36. The maximum Gasteiger partial charge on any atom is 0.408 e. The molecule has 0 aliphatic carbocycles. The lowest BCUT2D eigenvalue weighted by atomic mass is 9.91. The summed E-state index contributed by atoms with van der Waals surface area (Å²) >= 11 is 0. The summed E-state index contributed by atoms with van der Waals surface area (Å²) in [4.78, 5) is 36.0. The zero-order valence-electron chi connectivity index (χ0n) is 17.2. The van der Waals surface area contributed by atoms with E-state index in [-0.39, 0.29) is 13.0 Å². The zero-order chi connectivity index (χ0) is 22.0. The standard InChI is InChI=1S/C20H30N2O7/c1-5-14(17(24)25)16(15(11-23)21-19(27)29-20(2,3)4)22-18(26)28-12-13-9-7-6-8-10-13/h6-10,14-16,23H,5,11-12H2,1-4H3,(H,21,27)(H,22,26)(H,24,25)/t14?,15-,16-/m1/s1. The SMILES string of the molecule is CCC(C(=O)O)[C@@H](NC(=O)OCc1ccccc1)[C@@H](CO)NC(=O)OC(C)(C)C. The molecule has 4 N–H and O–H groups in total. The quantitative estimate of drug-likeness (QED) is 0.490. The fourth-order valence-corrected chi connectivity index (χ4v) is 2.67. The van der Waals surface area contributed by atoms with Crippen molar-refractivity contribution in [1.82, 2.24) is 10.6 Å². The third-order valence-corrected chi connectivity index (χ3v) is 4.02. The van der Waals surface area contributed by atoms with E-state index >= 15 is 0 Å². The van der Waals surface area contributed by atoms with Crippen LogP contribution in [-0.2, 0) is 20.9 Å². The van der Waals surface area contributed by atoms with Gasteiger partial charge >= 0.3 is 18.2 Å². The summed E-state index contributed by atoms with van der Waals surface area (Å²) < 4.78 is 10.3. The van der Waals surface area contributed by atoms with Gasteiger partial charge in [-0.2, -0.15) is 0 Å². The first-order valence-corrected chi connectivity index (χ1v) is 9.37. The van der Waals surface area contributed by atoms with Gasteiger partial charge in [-0.05, 0) is 32.8 Å². The van der Waals surface area contributed by atoms with Gasteiger partial charge in [-0.1, -0.05) is 37.3 Å². The molecule has 9 heteroatoms. The van der Waals surface area contributed by atoms with Gasteiger partial charge in [0.2, 0.25) is 0 Å². The van der Waals surface area contributed by atoms with Crippen molar-refractivity contribution in [2.75, 3.05) is 6.61 Å². The van der Waals surface area contributed by atoms with E-state index in [0.29, 0.717) is 0 Å². The van der Waals surface area contributed by atoms with Crippen LogP contribution in [0.15, 0.2) is 30.3 Å². The van der Waals surface area contributed by atoms with Crippen molar-refractivity contribution in [3.8, 4) is 0 Å². The largest absolute Gasteiger partial charge is 0.481 e. The molecule has 0 saturated heterocycles. The van der Waals surface area contributed by atoms with Crippen LogP contribution in [0.25, 0.3) is 0 Å². The van der Waals surface area contributed by atoms with Gasteiger partial charge in [-0.3, -0.25) is 4.79 Å². The van der Waals surface area contributed by atoms with Gasteiger partial charge in [0.1, 0.15) is 12.2 Å². The molecule has 0 saturated carbocycles. The van der Waals surface area contributed by atoms with E-state index in [2.05, 4.69) is 10.6 Å². The maximum atomic E-state index is 12.3. The minimum atomic E-state index is -1.18. The predicted octanol–water partition coefficient (Wildman–Crippen LogP) is 2.28. The molecule has 162 valence electrons. The molecule has 0 spiro atoms. The van der Waals surface area contributed by atoms with E-state index < -0.39 is 48.4 Å². The Morgan fingerprint density at radius 2 is 1.69 bits per heavy atom. The monoisotopic (exact) mass is 410 g/mol. The Balaban J connectivity index is 2.88. The number of alkyl carbamates (subject to hydrolysis) is 2. The number of carbonyl (C=O) groups excluding carboxylic acids is 2. The third kappa shape index (κ3) is 8.82. The van der Waals surface area contributed by atoms with Crippen molar-refractivity contribution in [2.45, 2.75) is 58.4 Å². The summed E-state index contributed by atoms with van der Waals surface area (Å²) in [5, 5.41) is 24.1. The number of aliphatic hydroxyl groups is 1. The van der Waals surface area contributed by atoms with Crippen molar-refractivity contribution in [3.63, 3.8) is 0 Å². The molecule has 0 heterocycles. The second-order valence-corrected chi connectivity index (χ2v) is 7.52. The van der Waals surface area contributed by atoms with Crippen LogP contribution in [0.5, 0.6) is 0 Å². The van der Waals surface area contributed by atoms with Crippen molar-refractivity contribution < 1.29 is 34.1 Å². The fraction of sp³-hybridized carbons (Fsp3) is 0.550. The van der Waals surface area contributed by atoms with Crippen LogP contribution in [0.3, 0.4) is 0 Å². The van der Waals surface area contributed by atoms with E-state index in [0.717, 1.165) is 5.56 Å². The number of nitrogens with one attached hydrogen (secondary N) is 2. The van der Waals surface area contributed by atoms with Crippen LogP contribution in [-0.4, -0.2) is 52.7 Å². The number of carboxylic acid groups (broad SMARTS) is 1. The number of aliphatic hydroxyl groups excluding tert-OH is 1. The predicted molar refractivity (Wildman–Crippen MR) is 105 cm³/mol. The Morgan fingerprint density at radius 3 is 2.17 bits per heavy atom. The van der Waals surface area contributed by atoms with E-state index in [1.54, 1.807) is 52.0 Å². The van der Waals surface area contributed by atoms with Crippen molar-refractivity contribution in [2.24, 2.45) is 5.92 Å². The van der Waals surface area contributed by atoms with Crippen molar-refractivity contribution >= 4 is 18.2 Å². The van der Waals surface area contributed by atoms with Gasteiger partial charge < -0.3 is 30.3 Å². The molecule has 0 radical (unpaired) electrons. The maximum absolute atomic E-state index is 12.3. The number of ether oxygens (including phenoxy) is 2. The molecule has 29 heavy (non-hydrogen) atoms. The Bertz CT molecular complexity index is 673. The van der Waals surface area contributed by atoms with Crippen LogP contribution < -0.4 is 10.6 Å². The van der Waals surface area contributed by atoms with Gasteiger partial charge in [0.15, 0.2) is 0 Å². The second-order valence-electron chi connectivity index (χ2n) is 7.52. The molecule has 2 amide bonds. The Kier molecular flexibility index (Phi) is 9.40. The summed E-state index contributed by atoms with van der Waals surface area (Å²) in [6, 6.07) is 6.77. The normalized spacial score (nSPS) is 14.2. The summed E-state index contributed by atoms with van der Waals surface area (Å²) in [6.07, 6.45) is -1.53. The average molecular weight is 410 g/mol. The van der Waals surface area contributed by atoms with E-state index in [1.807, 2.05) is 6.07 Å². The zero-order valence-corrected chi connectivity index (χ0v) is 17.2. The molecular formula is C20H30N2O7. The molecule has 3 atom stereocenters. The van der Waals surface area contributed by atoms with Gasteiger partial charge in [0, 0.05) is 0 Å². The number of hydrogen-bond acceptors (Lipinski definition) is 6. The molecule has 9 nitrogen and oxygen atoms in total. The second kappa shape index (κ2) is 11.3. The summed E-state index contributed by atoms with van der Waals surface area (Å²) in [6.45, 7) is 6.03. The number of amides is 2. The molecule has 1 unspecified atom stereocenters. The highest BCUT2D eigenvalue weighted by atomic mass is 16.6. The van der Waals surface area contributed by atoms with Crippen LogP contribution >= 0.6 is 0 Å². The molecule has 0 aromatic heterocycles. The fourth-order valence-electron chi connectivity index (χ4n) is 2.67. The lowest BCUT2D eigenvalue weighted by Crippen LogP contribution is -2.58. The Hall–Kier alpha value is -2.81. The first-order chi connectivity index (χ1) is 13.6. The van der Waals surface area contributed by atoms with Crippen molar-refractivity contribution in [1.29, 1.82) is 0 Å². The number of benzene rings is 1.